The number of carbonyl (C=O) groups is 2. The van der Waals surface area contributed by atoms with E-state index >= 15 is 0 Å². The van der Waals surface area contributed by atoms with E-state index in [4.69, 9.17) is 4.74 Å². The molecule has 0 fully saturated rings. The molecule has 0 spiro atoms. The Morgan fingerprint density at radius 1 is 0.727 bits per heavy atom. The molecule has 0 unspecified atom stereocenters. The van der Waals surface area contributed by atoms with Gasteiger partial charge in [-0.05, 0) is 31.6 Å². The number of esters is 2. The van der Waals surface area contributed by atoms with Crippen LogP contribution in [-0.2, 0) is 19.1 Å². The van der Waals surface area contributed by atoms with Crippen LogP contribution in [0.3, 0.4) is 0 Å². The van der Waals surface area contributed by atoms with E-state index in [0.717, 1.165) is 25.7 Å². The van der Waals surface area contributed by atoms with Gasteiger partial charge in [-0.3, -0.25) is 9.59 Å². The van der Waals surface area contributed by atoms with Crippen LogP contribution in [0.25, 0.3) is 0 Å². The third kappa shape index (κ3) is 11.4. The average Bonchev–Trinajstić information content (AvgIpc) is 2.71. The Labute approximate surface area is 188 Å². The quantitative estimate of drug-likeness (QED) is 0.118. The van der Waals surface area contributed by atoms with Gasteiger partial charge in [0.1, 0.15) is 0 Å². The predicted molar refractivity (Wildman–Crippen MR) is 104 cm³/mol. The first-order chi connectivity index (χ1) is 15.1. The van der Waals surface area contributed by atoms with Gasteiger partial charge in [-0.15, -0.1) is 0 Å². The molecule has 0 saturated carbocycles. The first kappa shape index (κ1) is 31.4. The van der Waals surface area contributed by atoms with Crippen LogP contribution in [0, 0.1) is 5.92 Å². The van der Waals surface area contributed by atoms with Crippen molar-refractivity contribution in [3.05, 3.63) is 0 Å². The molecular weight excluding hydrogens is 468 g/mol. The number of hydrogen-bond donors (Lipinski definition) is 0. The van der Waals surface area contributed by atoms with Crippen LogP contribution in [0.2, 0.25) is 0 Å². The number of alkyl halides is 8. The summed E-state index contributed by atoms with van der Waals surface area (Å²) in [5, 5.41) is 0. The van der Waals surface area contributed by atoms with Gasteiger partial charge in [-0.1, -0.05) is 39.5 Å². The van der Waals surface area contributed by atoms with Crippen molar-refractivity contribution < 1.29 is 54.2 Å². The third-order valence-electron chi connectivity index (χ3n) is 4.77. The minimum Gasteiger partial charge on any atom is -0.466 e. The standard InChI is InChI=1S/C21H32F8O4/c1-15(2)10-9-13-32-16(30)11-7-5-3-4-6-8-12-17(31)33-14-19(24,25)21(28,29)20(26,27)18(22)23/h15,18H,3-14H2,1-2H3. The summed E-state index contributed by atoms with van der Waals surface area (Å²) in [6.07, 6.45) is 0.00794. The van der Waals surface area contributed by atoms with Crippen LogP contribution in [-0.4, -0.2) is 49.3 Å². The fourth-order valence-electron chi connectivity index (χ4n) is 2.71. The number of ether oxygens (including phenoxy) is 2. The van der Waals surface area contributed by atoms with Crippen LogP contribution in [0.4, 0.5) is 35.1 Å². The average molecular weight is 500 g/mol. The maximum Gasteiger partial charge on any atom is 0.381 e. The summed E-state index contributed by atoms with van der Waals surface area (Å²) in [4.78, 5) is 22.9. The molecule has 0 amide bonds. The maximum absolute atomic E-state index is 13.3. The van der Waals surface area contributed by atoms with Crippen LogP contribution in [0.1, 0.15) is 78.1 Å². The molecule has 0 heterocycles. The molecule has 0 bridgehead atoms. The largest absolute Gasteiger partial charge is 0.466 e. The zero-order valence-electron chi connectivity index (χ0n) is 18.8. The smallest absolute Gasteiger partial charge is 0.381 e. The normalized spacial score (nSPS) is 13.0. The zero-order valence-corrected chi connectivity index (χ0v) is 18.8. The van der Waals surface area contributed by atoms with Crippen molar-refractivity contribution in [3.8, 4) is 0 Å². The lowest BCUT2D eigenvalue weighted by atomic mass is 10.1. The molecule has 12 heteroatoms. The van der Waals surface area contributed by atoms with E-state index in [1.165, 1.54) is 0 Å². The summed E-state index contributed by atoms with van der Waals surface area (Å²) in [5.74, 6) is -19.4. The second-order valence-electron chi connectivity index (χ2n) is 8.24. The Morgan fingerprint density at radius 3 is 1.64 bits per heavy atom. The van der Waals surface area contributed by atoms with Crippen molar-refractivity contribution in [2.45, 2.75) is 102 Å². The molecule has 0 rings (SSSR count). The molecule has 0 aliphatic heterocycles. The predicted octanol–water partition coefficient (Wildman–Crippen LogP) is 6.80. The van der Waals surface area contributed by atoms with Gasteiger partial charge >= 0.3 is 36.1 Å². The van der Waals surface area contributed by atoms with Gasteiger partial charge in [0.15, 0.2) is 6.61 Å². The maximum atomic E-state index is 13.3. The molecule has 0 aromatic rings. The molecule has 4 nitrogen and oxygen atoms in total. The van der Waals surface area contributed by atoms with E-state index in [1.807, 2.05) is 0 Å². The van der Waals surface area contributed by atoms with Crippen molar-refractivity contribution in [2.75, 3.05) is 13.2 Å². The summed E-state index contributed by atoms with van der Waals surface area (Å²) < 4.78 is 111. The molecule has 196 valence electrons. The van der Waals surface area contributed by atoms with Gasteiger partial charge in [0.25, 0.3) is 0 Å². The second-order valence-corrected chi connectivity index (χ2v) is 8.24. The van der Waals surface area contributed by atoms with Crippen LogP contribution in [0.15, 0.2) is 0 Å². The van der Waals surface area contributed by atoms with E-state index in [0.29, 0.717) is 31.8 Å². The molecule has 0 aliphatic carbocycles. The van der Waals surface area contributed by atoms with Crippen molar-refractivity contribution in [2.24, 2.45) is 5.92 Å². The minimum atomic E-state index is -6.39. The highest BCUT2D eigenvalue weighted by Crippen LogP contribution is 2.48. The lowest BCUT2D eigenvalue weighted by Gasteiger charge is -2.31. The zero-order chi connectivity index (χ0) is 25.7. The van der Waals surface area contributed by atoms with E-state index in [9.17, 15) is 44.7 Å². The number of unbranched alkanes of at least 4 members (excludes halogenated alkanes) is 5. The van der Waals surface area contributed by atoms with Crippen molar-refractivity contribution in [1.82, 2.24) is 0 Å². The van der Waals surface area contributed by atoms with Gasteiger partial charge in [-0.25, -0.2) is 8.78 Å². The molecule has 0 aromatic heterocycles. The minimum absolute atomic E-state index is 0.173. The molecule has 0 aliphatic rings. The molecule has 0 atom stereocenters. The summed E-state index contributed by atoms with van der Waals surface area (Å²) in [6.45, 7) is 2.11. The Balaban J connectivity index is 3.94. The molecule has 0 N–H and O–H groups in total. The molecule has 0 radical (unpaired) electrons. The highest BCUT2D eigenvalue weighted by molar-refractivity contribution is 5.69. The van der Waals surface area contributed by atoms with E-state index < -0.39 is 43.2 Å². The van der Waals surface area contributed by atoms with E-state index in [1.54, 1.807) is 0 Å². The number of carbonyl (C=O) groups excluding carboxylic acids is 2. The summed E-state index contributed by atoms with van der Waals surface area (Å²) in [5.41, 5.74) is 0. The first-order valence-corrected chi connectivity index (χ1v) is 10.9. The SMILES string of the molecule is CC(C)CCCOC(=O)CCCCCCCCC(=O)OCC(F)(F)C(F)(F)C(F)(F)C(F)F. The van der Waals surface area contributed by atoms with Crippen LogP contribution >= 0.6 is 0 Å². The van der Waals surface area contributed by atoms with Crippen LogP contribution < -0.4 is 0 Å². The van der Waals surface area contributed by atoms with Gasteiger partial charge < -0.3 is 9.47 Å². The summed E-state index contributed by atoms with van der Waals surface area (Å²) in [7, 11) is 0. The molecular formula is C21H32F8O4. The van der Waals surface area contributed by atoms with Crippen molar-refractivity contribution in [3.63, 3.8) is 0 Å². The second kappa shape index (κ2) is 14.6. The fourth-order valence-corrected chi connectivity index (χ4v) is 2.71. The lowest BCUT2D eigenvalue weighted by molar-refractivity contribution is -0.344. The van der Waals surface area contributed by atoms with Gasteiger partial charge in [-0.2, -0.15) is 26.3 Å². The topological polar surface area (TPSA) is 52.6 Å². The Hall–Kier alpha value is -1.62. The summed E-state index contributed by atoms with van der Waals surface area (Å²) in [6, 6.07) is 0. The highest BCUT2D eigenvalue weighted by Gasteiger charge is 2.75. The lowest BCUT2D eigenvalue weighted by Crippen LogP contribution is -2.59. The Bertz CT molecular complexity index is 583. The van der Waals surface area contributed by atoms with Crippen LogP contribution in [0.5, 0.6) is 0 Å². The Kier molecular flexibility index (Phi) is 13.9. The van der Waals surface area contributed by atoms with Crippen molar-refractivity contribution >= 4 is 11.9 Å². The summed E-state index contributed by atoms with van der Waals surface area (Å²) >= 11 is 0. The molecule has 0 saturated heterocycles. The van der Waals surface area contributed by atoms with E-state index in [2.05, 4.69) is 18.6 Å². The Morgan fingerprint density at radius 2 is 1.18 bits per heavy atom. The highest BCUT2D eigenvalue weighted by atomic mass is 19.4. The fraction of sp³-hybridized carbons (Fsp3) is 0.905. The molecule has 33 heavy (non-hydrogen) atoms. The monoisotopic (exact) mass is 500 g/mol. The number of rotatable bonds is 18. The van der Waals surface area contributed by atoms with Crippen molar-refractivity contribution in [1.29, 1.82) is 0 Å². The third-order valence-corrected chi connectivity index (χ3v) is 4.77. The van der Waals surface area contributed by atoms with E-state index in [-0.39, 0.29) is 18.8 Å². The van der Waals surface area contributed by atoms with Gasteiger partial charge in [0, 0.05) is 12.8 Å². The number of hydrogen-bond acceptors (Lipinski definition) is 4. The number of halogens is 8. The van der Waals surface area contributed by atoms with Gasteiger partial charge in [0.05, 0.1) is 6.61 Å². The van der Waals surface area contributed by atoms with Gasteiger partial charge in [0.2, 0.25) is 0 Å². The first-order valence-electron chi connectivity index (χ1n) is 10.9. The molecule has 0 aromatic carbocycles.